The van der Waals surface area contributed by atoms with Crippen LogP contribution in [0.1, 0.15) is 27.0 Å². The topological polar surface area (TPSA) is 100 Å². The summed E-state index contributed by atoms with van der Waals surface area (Å²) >= 11 is 0. The molecule has 0 bridgehead atoms. The summed E-state index contributed by atoms with van der Waals surface area (Å²) in [6.45, 7) is 0.671. The summed E-state index contributed by atoms with van der Waals surface area (Å²) in [5.41, 5.74) is 5.06. The molecule has 0 unspecified atom stereocenters. The lowest BCUT2D eigenvalue weighted by atomic mass is 10.2. The van der Waals surface area contributed by atoms with Crippen LogP contribution in [0, 0.1) is 0 Å². The molecule has 0 heterocycles. The first-order valence-corrected chi connectivity index (χ1v) is 10.9. The fourth-order valence-electron chi connectivity index (χ4n) is 3.22. The van der Waals surface area contributed by atoms with Crippen LogP contribution in [-0.4, -0.2) is 22.3 Å². The van der Waals surface area contributed by atoms with E-state index in [4.69, 9.17) is 9.47 Å². The summed E-state index contributed by atoms with van der Waals surface area (Å²) in [6.07, 6.45) is 1.29. The van der Waals surface area contributed by atoms with E-state index in [-0.39, 0.29) is 11.5 Å². The highest BCUT2D eigenvalue weighted by Gasteiger charge is 2.11. The smallest absolute Gasteiger partial charge is 0.271 e. The van der Waals surface area contributed by atoms with E-state index in [0.29, 0.717) is 35.8 Å². The van der Waals surface area contributed by atoms with Gasteiger partial charge in [-0.2, -0.15) is 5.10 Å². The van der Waals surface area contributed by atoms with E-state index >= 15 is 0 Å². The van der Waals surface area contributed by atoms with E-state index in [1.807, 2.05) is 60.7 Å². The molecule has 0 spiro atoms. The largest absolute Gasteiger partial charge is 0.508 e. The standard InChI is InChI=1S/C28H24N2O5/c31-24-12-11-22(27(32)15-24)17-29-30-28(33)23-13-25(34-18-20-7-3-1-4-8-20)16-26(14-23)35-19-21-9-5-2-6-10-21/h1-17,31-32H,18-19H2,(H,30,33)/b29-17+. The molecule has 0 aromatic heterocycles. The van der Waals surface area contributed by atoms with Crippen molar-refractivity contribution >= 4 is 12.1 Å². The van der Waals surface area contributed by atoms with Crippen molar-refractivity contribution in [2.45, 2.75) is 13.2 Å². The number of aromatic hydroxyl groups is 2. The van der Waals surface area contributed by atoms with E-state index in [1.165, 1.54) is 24.4 Å². The second kappa shape index (κ2) is 11.4. The quantitative estimate of drug-likeness (QED) is 0.237. The van der Waals surface area contributed by atoms with E-state index in [0.717, 1.165) is 11.1 Å². The molecule has 0 radical (unpaired) electrons. The van der Waals surface area contributed by atoms with Crippen molar-refractivity contribution in [3.05, 3.63) is 119 Å². The SMILES string of the molecule is O=C(N/N=C/c1ccc(O)cc1O)c1cc(OCc2ccccc2)cc(OCc2ccccc2)c1. The Morgan fingerprint density at radius 1 is 0.771 bits per heavy atom. The fraction of sp³-hybridized carbons (Fsp3) is 0.0714. The van der Waals surface area contributed by atoms with Gasteiger partial charge in [0.15, 0.2) is 0 Å². The molecule has 1 amide bonds. The van der Waals surface area contributed by atoms with Gasteiger partial charge in [-0.3, -0.25) is 4.79 Å². The fourth-order valence-corrected chi connectivity index (χ4v) is 3.22. The molecule has 7 nitrogen and oxygen atoms in total. The van der Waals surface area contributed by atoms with Crippen LogP contribution in [0.25, 0.3) is 0 Å². The summed E-state index contributed by atoms with van der Waals surface area (Å²) < 4.78 is 11.8. The number of rotatable bonds is 9. The van der Waals surface area contributed by atoms with Crippen LogP contribution in [0.4, 0.5) is 0 Å². The molecule has 0 aliphatic rings. The molecule has 0 aliphatic carbocycles. The maximum Gasteiger partial charge on any atom is 0.271 e. The normalized spacial score (nSPS) is 10.7. The Hall–Kier alpha value is -4.78. The van der Waals surface area contributed by atoms with E-state index in [2.05, 4.69) is 10.5 Å². The first-order valence-electron chi connectivity index (χ1n) is 10.9. The number of hydrazone groups is 1. The van der Waals surface area contributed by atoms with Crippen molar-refractivity contribution in [1.82, 2.24) is 5.43 Å². The number of carbonyl (C=O) groups is 1. The van der Waals surface area contributed by atoms with Gasteiger partial charge in [0, 0.05) is 23.3 Å². The minimum Gasteiger partial charge on any atom is -0.508 e. The Bertz CT molecular complexity index is 1250. The Balaban J connectivity index is 1.50. The van der Waals surface area contributed by atoms with Crippen LogP contribution < -0.4 is 14.9 Å². The van der Waals surface area contributed by atoms with Crippen LogP contribution in [-0.2, 0) is 13.2 Å². The van der Waals surface area contributed by atoms with Crippen molar-refractivity contribution in [3.8, 4) is 23.0 Å². The highest BCUT2D eigenvalue weighted by molar-refractivity contribution is 5.96. The average Bonchev–Trinajstić information content (AvgIpc) is 2.88. The Kier molecular flexibility index (Phi) is 7.60. The van der Waals surface area contributed by atoms with Gasteiger partial charge in [0.05, 0.1) is 6.21 Å². The van der Waals surface area contributed by atoms with Crippen molar-refractivity contribution < 1.29 is 24.5 Å². The van der Waals surface area contributed by atoms with Crippen LogP contribution in [0.15, 0.2) is 102 Å². The molecule has 4 rings (SSSR count). The maximum atomic E-state index is 12.8. The van der Waals surface area contributed by atoms with Crippen LogP contribution in [0.3, 0.4) is 0 Å². The van der Waals surface area contributed by atoms with Gasteiger partial charge in [0.2, 0.25) is 0 Å². The molecule has 0 aliphatic heterocycles. The molecule has 0 fully saturated rings. The summed E-state index contributed by atoms with van der Waals surface area (Å²) in [7, 11) is 0. The number of amides is 1. The molecule has 4 aromatic rings. The highest BCUT2D eigenvalue weighted by atomic mass is 16.5. The summed E-state index contributed by atoms with van der Waals surface area (Å²) in [6, 6.07) is 28.5. The molecule has 0 saturated carbocycles. The van der Waals surface area contributed by atoms with Gasteiger partial charge >= 0.3 is 0 Å². The molecule has 35 heavy (non-hydrogen) atoms. The first-order chi connectivity index (χ1) is 17.1. The van der Waals surface area contributed by atoms with Gasteiger partial charge in [-0.25, -0.2) is 5.43 Å². The van der Waals surface area contributed by atoms with E-state index in [1.54, 1.807) is 18.2 Å². The third-order valence-electron chi connectivity index (χ3n) is 5.02. The van der Waals surface area contributed by atoms with Gasteiger partial charge in [-0.05, 0) is 35.4 Å². The number of phenols is 2. The highest BCUT2D eigenvalue weighted by Crippen LogP contribution is 2.25. The molecule has 176 valence electrons. The number of nitrogens with zero attached hydrogens (tertiary/aromatic N) is 1. The third kappa shape index (κ3) is 6.85. The molecular weight excluding hydrogens is 444 g/mol. The average molecular weight is 469 g/mol. The monoisotopic (exact) mass is 468 g/mol. The Morgan fingerprint density at radius 3 is 1.89 bits per heavy atom. The number of phenolic OH excluding ortho intramolecular Hbond substituents is 2. The number of nitrogens with one attached hydrogen (secondary N) is 1. The number of hydrogen-bond donors (Lipinski definition) is 3. The summed E-state index contributed by atoms with van der Waals surface area (Å²) in [5, 5.41) is 23.1. The van der Waals surface area contributed by atoms with Gasteiger partial charge in [-0.1, -0.05) is 60.7 Å². The molecule has 4 aromatic carbocycles. The van der Waals surface area contributed by atoms with Gasteiger partial charge < -0.3 is 19.7 Å². The second-order valence-corrected chi connectivity index (χ2v) is 7.68. The lowest BCUT2D eigenvalue weighted by Gasteiger charge is -2.12. The van der Waals surface area contributed by atoms with Gasteiger partial charge in [-0.15, -0.1) is 0 Å². The predicted octanol–water partition coefficient (Wildman–Crippen LogP) is 5.02. The number of hydrogen-bond acceptors (Lipinski definition) is 6. The maximum absolute atomic E-state index is 12.8. The van der Waals surface area contributed by atoms with Crippen molar-refractivity contribution in [2.75, 3.05) is 0 Å². The zero-order valence-electron chi connectivity index (χ0n) is 18.8. The van der Waals surface area contributed by atoms with Gasteiger partial charge in [0.25, 0.3) is 5.91 Å². The Labute approximate surface area is 202 Å². The molecule has 0 atom stereocenters. The first kappa shape index (κ1) is 23.4. The zero-order valence-corrected chi connectivity index (χ0v) is 18.8. The van der Waals surface area contributed by atoms with E-state index in [9.17, 15) is 15.0 Å². The number of ether oxygens (including phenoxy) is 2. The molecular formula is C28H24N2O5. The lowest BCUT2D eigenvalue weighted by Crippen LogP contribution is -2.18. The predicted molar refractivity (Wildman–Crippen MR) is 133 cm³/mol. The summed E-state index contributed by atoms with van der Waals surface area (Å²) in [4.78, 5) is 12.8. The zero-order chi connectivity index (χ0) is 24.5. The van der Waals surface area contributed by atoms with Gasteiger partial charge in [0.1, 0.15) is 36.2 Å². The second-order valence-electron chi connectivity index (χ2n) is 7.68. The molecule has 7 heteroatoms. The lowest BCUT2D eigenvalue weighted by molar-refractivity contribution is 0.0954. The van der Waals surface area contributed by atoms with Crippen molar-refractivity contribution in [1.29, 1.82) is 0 Å². The summed E-state index contributed by atoms with van der Waals surface area (Å²) in [5.74, 6) is 0.249. The molecule has 0 saturated heterocycles. The molecule has 3 N–H and O–H groups in total. The van der Waals surface area contributed by atoms with Crippen molar-refractivity contribution in [3.63, 3.8) is 0 Å². The minimum absolute atomic E-state index is 0.0703. The van der Waals surface area contributed by atoms with Crippen LogP contribution in [0.2, 0.25) is 0 Å². The number of benzene rings is 4. The minimum atomic E-state index is -0.478. The van der Waals surface area contributed by atoms with E-state index < -0.39 is 5.91 Å². The van der Waals surface area contributed by atoms with Crippen LogP contribution >= 0.6 is 0 Å². The third-order valence-corrected chi connectivity index (χ3v) is 5.02. The van der Waals surface area contributed by atoms with Crippen LogP contribution in [0.5, 0.6) is 23.0 Å². The van der Waals surface area contributed by atoms with Crippen molar-refractivity contribution in [2.24, 2.45) is 5.10 Å². The number of carbonyl (C=O) groups excluding carboxylic acids is 1. The Morgan fingerprint density at radius 2 is 1.34 bits per heavy atom.